The average molecular weight is 1850 g/mol. The predicted octanol–water partition coefficient (Wildman–Crippen LogP) is 15.1. The largest absolute Gasteiger partial charge is 0.380 e. The molecule has 17 rings (SSSR count). The van der Waals surface area contributed by atoms with Crippen molar-refractivity contribution in [2.45, 2.75) is 45.8 Å². The van der Waals surface area contributed by atoms with Crippen LogP contribution in [0.4, 0.5) is 50.9 Å². The van der Waals surface area contributed by atoms with Gasteiger partial charge in [0.2, 0.25) is 5.91 Å². The number of fused-ring (bicyclic) bond motifs is 3. The Hall–Kier alpha value is -14.4. The van der Waals surface area contributed by atoms with E-state index in [1.54, 1.807) is 163 Å². The summed E-state index contributed by atoms with van der Waals surface area (Å²) in [4.78, 5) is 42.2. The molecular formula is C92H78F9N15O10S4. The van der Waals surface area contributed by atoms with Gasteiger partial charge in [-0.3, -0.25) is 42.3 Å². The molecular weight excluding hydrogens is 1770 g/mol. The summed E-state index contributed by atoms with van der Waals surface area (Å²) in [5.41, 5.74) is 7.98. The Morgan fingerprint density at radius 2 is 0.854 bits per heavy atom. The molecule has 1 atom stereocenters. The summed E-state index contributed by atoms with van der Waals surface area (Å²) < 4.78 is 228. The molecule has 0 radical (unpaired) electrons. The van der Waals surface area contributed by atoms with Gasteiger partial charge < -0.3 is 30.0 Å². The molecule has 0 aliphatic carbocycles. The van der Waals surface area contributed by atoms with Crippen molar-refractivity contribution in [2.24, 2.45) is 28.2 Å². The lowest BCUT2D eigenvalue weighted by molar-refractivity contribution is -0.116. The number of aromatic nitrogens is 11. The Labute approximate surface area is 741 Å². The monoisotopic (exact) mass is 1850 g/mol. The van der Waals surface area contributed by atoms with Crippen molar-refractivity contribution in [3.05, 3.63) is 342 Å². The molecule has 1 unspecified atom stereocenters. The van der Waals surface area contributed by atoms with Crippen molar-refractivity contribution >= 4 is 91.2 Å². The molecule has 9 aromatic carbocycles. The SMILES string of the molecule is Cn1cc(-c2ccc(CN3C(=O)CS(=O)c4ccccc43)c(F)c2)cn1.Cn1cc(-c2ccc(CNc3ccccc3S(C)(=O)=O)c(F)c2)cn1.Cn1cc(-c2ccc(Cn3cc(S(=O)(=O)CCNC(=O)c4cccc(F)c4)c4c(F)cc(F)cc43)c(F)c2)cn1.Cn1cc(-c2ccc(Cn3cc(S(=O)(=O)CCNC(=O)c4ccccn4)c4c(F)cc(F)cc43)c(F)c2)cn1. The van der Waals surface area contributed by atoms with E-state index < -0.39 is 109 Å². The van der Waals surface area contributed by atoms with Crippen LogP contribution in [-0.2, 0) is 99.5 Å². The molecule has 8 heterocycles. The minimum Gasteiger partial charge on any atom is -0.380 e. The molecule has 0 bridgehead atoms. The van der Waals surface area contributed by atoms with Crippen LogP contribution in [0.3, 0.4) is 0 Å². The van der Waals surface area contributed by atoms with Crippen LogP contribution in [-0.4, -0.2) is 137 Å². The minimum absolute atomic E-state index is 0.00657. The number of nitrogens with one attached hydrogen (secondary N) is 3. The maximum absolute atomic E-state index is 15.1. The van der Waals surface area contributed by atoms with Crippen LogP contribution < -0.4 is 20.9 Å². The number of carbonyl (C=O) groups excluding carboxylic acids is 3. The molecule has 0 spiro atoms. The number of hydrogen-bond acceptors (Lipinski definition) is 16. The van der Waals surface area contributed by atoms with Crippen LogP contribution >= 0.6 is 0 Å². The molecule has 668 valence electrons. The highest BCUT2D eigenvalue weighted by atomic mass is 32.2. The number of carbonyl (C=O) groups is 3. The van der Waals surface area contributed by atoms with E-state index in [-0.39, 0.29) is 117 Å². The first kappa shape index (κ1) is 91.8. The van der Waals surface area contributed by atoms with E-state index in [1.165, 1.54) is 80.9 Å². The van der Waals surface area contributed by atoms with E-state index in [2.05, 4.69) is 41.3 Å². The zero-order valence-electron chi connectivity index (χ0n) is 69.6. The molecule has 0 saturated carbocycles. The normalized spacial score (nSPS) is 12.6. The Balaban J connectivity index is 0.000000143. The number of anilines is 2. The van der Waals surface area contributed by atoms with Crippen LogP contribution in [0.25, 0.3) is 66.3 Å². The van der Waals surface area contributed by atoms with Crippen molar-refractivity contribution in [2.75, 3.05) is 46.8 Å². The number of pyridine rings is 1. The Morgan fingerprint density at radius 3 is 1.28 bits per heavy atom. The highest BCUT2D eigenvalue weighted by Crippen LogP contribution is 2.37. The molecule has 0 fully saturated rings. The number of sulfone groups is 3. The quantitative estimate of drug-likeness (QED) is 0.0474. The van der Waals surface area contributed by atoms with Crippen LogP contribution in [0.15, 0.2) is 276 Å². The van der Waals surface area contributed by atoms with Gasteiger partial charge in [-0.25, -0.2) is 64.8 Å². The van der Waals surface area contributed by atoms with Crippen molar-refractivity contribution in [1.29, 1.82) is 0 Å². The van der Waals surface area contributed by atoms with Gasteiger partial charge in [0.25, 0.3) is 11.8 Å². The fraction of sp³-hybridized carbons (Fsp3) is 0.152. The zero-order chi connectivity index (χ0) is 92.6. The summed E-state index contributed by atoms with van der Waals surface area (Å²) in [5.74, 6) is -9.27. The molecule has 3 N–H and O–H groups in total. The molecule has 3 amide bonds. The molecule has 1 aliphatic rings. The number of para-hydroxylation sites is 2. The van der Waals surface area contributed by atoms with Crippen molar-refractivity contribution in [3.8, 4) is 44.5 Å². The first-order chi connectivity index (χ1) is 62.0. The number of amides is 3. The van der Waals surface area contributed by atoms with Gasteiger partial charge in [-0.05, 0) is 113 Å². The van der Waals surface area contributed by atoms with Gasteiger partial charge in [0.05, 0.1) is 119 Å². The maximum atomic E-state index is 15.1. The smallest absolute Gasteiger partial charge is 0.269 e. The van der Waals surface area contributed by atoms with E-state index in [4.69, 9.17) is 0 Å². The molecule has 1 aliphatic heterocycles. The Morgan fingerprint density at radius 1 is 0.423 bits per heavy atom. The second-order valence-corrected chi connectivity index (χ2v) is 37.6. The number of nitrogens with zero attached hydrogens (tertiary/aromatic N) is 12. The zero-order valence-corrected chi connectivity index (χ0v) is 72.9. The molecule has 16 aromatic rings. The van der Waals surface area contributed by atoms with Crippen LogP contribution in [0.2, 0.25) is 0 Å². The number of rotatable bonds is 24. The van der Waals surface area contributed by atoms with Crippen molar-refractivity contribution < 1.29 is 83.4 Å². The molecule has 38 heteroatoms. The highest BCUT2D eigenvalue weighted by Gasteiger charge is 2.32. The second-order valence-electron chi connectivity index (χ2n) is 30.1. The predicted molar refractivity (Wildman–Crippen MR) is 472 cm³/mol. The lowest BCUT2D eigenvalue weighted by atomic mass is 10.1. The third kappa shape index (κ3) is 21.5. The van der Waals surface area contributed by atoms with Gasteiger partial charge in [0.15, 0.2) is 29.5 Å². The van der Waals surface area contributed by atoms with Gasteiger partial charge in [-0.2, -0.15) is 20.4 Å². The first-order valence-electron chi connectivity index (χ1n) is 39.6. The van der Waals surface area contributed by atoms with Crippen LogP contribution in [0.1, 0.15) is 43.1 Å². The minimum atomic E-state index is -4.21. The van der Waals surface area contributed by atoms with Crippen molar-refractivity contribution in [3.63, 3.8) is 0 Å². The lowest BCUT2D eigenvalue weighted by Gasteiger charge is -2.29. The summed E-state index contributed by atoms with van der Waals surface area (Å²) in [6, 6.07) is 45.3. The summed E-state index contributed by atoms with van der Waals surface area (Å²) in [6.07, 6.45) is 18.5. The Bertz CT molecular complexity index is 7410. The lowest BCUT2D eigenvalue weighted by Crippen LogP contribution is -2.38. The second kappa shape index (κ2) is 39.1. The highest BCUT2D eigenvalue weighted by molar-refractivity contribution is 7.92. The number of hydrogen-bond donors (Lipinski definition) is 3. The molecule has 25 nitrogen and oxygen atoms in total. The summed E-state index contributed by atoms with van der Waals surface area (Å²) in [5, 5.41) is 23.5. The summed E-state index contributed by atoms with van der Waals surface area (Å²) >= 11 is 0. The van der Waals surface area contributed by atoms with Gasteiger partial charge in [0, 0.05) is 160 Å². The average Bonchev–Trinajstić information content (AvgIpc) is 1.60. The van der Waals surface area contributed by atoms with E-state index in [0.29, 0.717) is 61.8 Å². The molecule has 7 aromatic heterocycles. The van der Waals surface area contributed by atoms with Gasteiger partial charge >= 0.3 is 0 Å². The summed E-state index contributed by atoms with van der Waals surface area (Å²) in [7, 11) is -5.98. The standard InChI is InChI=1S/C28H22F4N4O3S.C27H22F3N5O3S.C19H16FN3O2S.C18H18FN3O2S/c1-35-14-20(13-34-35)17-5-6-19(23(31)10-17)15-36-16-26(27-24(32)11-22(30)12-25(27)36)40(38,39)8-7-33-28(37)18-3-2-4-21(29)9-18;1-34-14-19(13-33-34)17-5-6-18(21(29)10-17)15-35-16-25(26-22(30)11-20(28)12-24(26)35)39(37,38)9-8-32-27(36)23-4-2-3-7-31-23;1-22-10-15(9-21-22)13-6-7-14(16(20)8-13)11-23-17-4-2-3-5-18(17)26(25)12-19(23)24;1-22-12-15(11-21-22)13-7-8-14(16(19)9-13)10-20-17-5-3-4-6-18(17)25(2,23)24/h2-6,9-14,16H,7-8,15H2,1H3,(H,33,37);2-7,10-14,16H,8-9,15H2,1H3,(H,32,36);2-10H,11-12H2,1H3;3-9,11-12,20H,10H2,1-2H3. The van der Waals surface area contributed by atoms with Gasteiger partial charge in [0.1, 0.15) is 63.8 Å². The van der Waals surface area contributed by atoms with E-state index in [9.17, 15) is 74.6 Å². The summed E-state index contributed by atoms with van der Waals surface area (Å²) in [6.45, 7) is -0.706. The topological polar surface area (TPSA) is 304 Å². The van der Waals surface area contributed by atoms with Gasteiger partial charge in [-0.15, -0.1) is 0 Å². The molecule has 0 saturated heterocycles. The fourth-order valence-electron chi connectivity index (χ4n) is 14.3. The number of benzene rings is 9. The fourth-order valence-corrected chi connectivity index (χ4v) is 19.1. The first-order valence-corrected chi connectivity index (χ1v) is 46.1. The van der Waals surface area contributed by atoms with Gasteiger partial charge in [-0.1, -0.05) is 84.9 Å². The maximum Gasteiger partial charge on any atom is 0.269 e. The third-order valence-corrected chi connectivity index (χ3v) is 26.7. The molecule has 130 heavy (non-hydrogen) atoms. The third-order valence-electron chi connectivity index (χ3n) is 20.8. The number of halogens is 9. The van der Waals surface area contributed by atoms with Crippen molar-refractivity contribution in [1.82, 2.24) is 63.9 Å². The van der Waals surface area contributed by atoms with E-state index in [0.717, 1.165) is 65.2 Å². The van der Waals surface area contributed by atoms with Crippen LogP contribution in [0.5, 0.6) is 0 Å². The van der Waals surface area contributed by atoms with Crippen LogP contribution in [0, 0.1) is 52.4 Å². The number of aryl methyl sites for hydroxylation is 4. The van der Waals surface area contributed by atoms with E-state index >= 15 is 8.78 Å². The van der Waals surface area contributed by atoms with E-state index in [1.807, 2.05) is 24.5 Å². The Kier molecular flexibility index (Phi) is 27.6.